The van der Waals surface area contributed by atoms with Crippen LogP contribution in [0.3, 0.4) is 0 Å². The third-order valence-corrected chi connectivity index (χ3v) is 6.94. The fourth-order valence-electron chi connectivity index (χ4n) is 4.09. The van der Waals surface area contributed by atoms with Crippen molar-refractivity contribution in [3.8, 4) is 5.88 Å². The molecule has 5 heteroatoms. The second kappa shape index (κ2) is 8.63. The van der Waals surface area contributed by atoms with Gasteiger partial charge in [-0.25, -0.2) is 0 Å². The van der Waals surface area contributed by atoms with Crippen LogP contribution in [0.4, 0.5) is 5.82 Å². The number of pyridine rings is 1. The van der Waals surface area contributed by atoms with E-state index in [0.29, 0.717) is 6.10 Å². The van der Waals surface area contributed by atoms with Gasteiger partial charge in [-0.2, -0.15) is 16.7 Å². The van der Waals surface area contributed by atoms with Crippen molar-refractivity contribution < 1.29 is 4.74 Å². The third-order valence-electron chi connectivity index (χ3n) is 5.84. The van der Waals surface area contributed by atoms with Crippen LogP contribution >= 0.6 is 11.8 Å². The van der Waals surface area contributed by atoms with E-state index in [4.69, 9.17) is 9.72 Å². The van der Waals surface area contributed by atoms with E-state index in [9.17, 15) is 0 Å². The SMILES string of the molecule is c1cc(OC2CCCSCC2)nc(N2CCCN(C3CCC3)CC2)c1. The number of hydrogen-bond donors (Lipinski definition) is 0. The molecular formula is C20H31N3OS. The van der Waals surface area contributed by atoms with Gasteiger partial charge in [0.2, 0.25) is 5.88 Å². The summed E-state index contributed by atoms with van der Waals surface area (Å²) in [6.45, 7) is 4.63. The van der Waals surface area contributed by atoms with E-state index in [2.05, 4.69) is 33.7 Å². The highest BCUT2D eigenvalue weighted by atomic mass is 32.2. The van der Waals surface area contributed by atoms with Gasteiger partial charge in [0.15, 0.2) is 0 Å². The third kappa shape index (κ3) is 4.62. The first kappa shape index (κ1) is 17.5. The summed E-state index contributed by atoms with van der Waals surface area (Å²) in [4.78, 5) is 10.00. The molecule has 1 unspecified atom stereocenters. The summed E-state index contributed by atoms with van der Waals surface area (Å²) < 4.78 is 6.22. The zero-order valence-corrected chi connectivity index (χ0v) is 16.1. The predicted molar refractivity (Wildman–Crippen MR) is 106 cm³/mol. The Labute approximate surface area is 156 Å². The maximum absolute atomic E-state index is 6.22. The molecule has 0 N–H and O–H groups in total. The maximum atomic E-state index is 6.22. The van der Waals surface area contributed by atoms with Crippen LogP contribution in [0.2, 0.25) is 0 Å². The minimum absolute atomic E-state index is 0.344. The van der Waals surface area contributed by atoms with E-state index in [0.717, 1.165) is 37.3 Å². The molecule has 1 saturated carbocycles. The molecule has 25 heavy (non-hydrogen) atoms. The van der Waals surface area contributed by atoms with Crippen LogP contribution in [0.25, 0.3) is 0 Å². The smallest absolute Gasteiger partial charge is 0.215 e. The highest BCUT2D eigenvalue weighted by molar-refractivity contribution is 7.99. The van der Waals surface area contributed by atoms with Crippen LogP contribution in [0.1, 0.15) is 44.9 Å². The molecule has 0 amide bonds. The van der Waals surface area contributed by atoms with Crippen molar-refractivity contribution in [2.24, 2.45) is 0 Å². The normalized spacial score (nSPS) is 26.6. The van der Waals surface area contributed by atoms with Gasteiger partial charge >= 0.3 is 0 Å². The Hall–Kier alpha value is -0.940. The molecule has 0 bridgehead atoms. The van der Waals surface area contributed by atoms with Crippen molar-refractivity contribution in [1.29, 1.82) is 0 Å². The molecule has 0 spiro atoms. The van der Waals surface area contributed by atoms with Gasteiger partial charge in [0.1, 0.15) is 11.9 Å². The standard InChI is InChI=1S/C20H31N3OS/c1-5-17(6-1)22-11-4-12-23(14-13-22)19-8-2-9-20(21-19)24-18-7-3-15-25-16-10-18/h2,8-9,17-18H,1,3-7,10-16H2. The van der Waals surface area contributed by atoms with Crippen molar-refractivity contribution in [3.05, 3.63) is 18.2 Å². The van der Waals surface area contributed by atoms with Gasteiger partial charge in [-0.1, -0.05) is 12.5 Å². The fraction of sp³-hybridized carbons (Fsp3) is 0.750. The first-order valence-corrected chi connectivity index (χ1v) is 11.2. The van der Waals surface area contributed by atoms with Crippen LogP contribution in [-0.4, -0.2) is 59.7 Å². The Balaban J connectivity index is 1.36. The zero-order valence-electron chi connectivity index (χ0n) is 15.2. The molecule has 4 nitrogen and oxygen atoms in total. The lowest BCUT2D eigenvalue weighted by Gasteiger charge is -2.36. The quantitative estimate of drug-likeness (QED) is 0.813. The molecule has 1 aromatic rings. The molecule has 0 aromatic carbocycles. The number of hydrogen-bond acceptors (Lipinski definition) is 5. The van der Waals surface area contributed by atoms with Gasteiger partial charge in [0, 0.05) is 38.3 Å². The average molecular weight is 362 g/mol. The van der Waals surface area contributed by atoms with Crippen molar-refractivity contribution in [1.82, 2.24) is 9.88 Å². The van der Waals surface area contributed by atoms with Gasteiger partial charge < -0.3 is 9.64 Å². The minimum Gasteiger partial charge on any atom is -0.474 e. The molecular weight excluding hydrogens is 330 g/mol. The van der Waals surface area contributed by atoms with Crippen LogP contribution in [0.15, 0.2) is 18.2 Å². The largest absolute Gasteiger partial charge is 0.474 e. The Morgan fingerprint density at radius 3 is 2.76 bits per heavy atom. The number of nitrogens with zero attached hydrogens (tertiary/aromatic N) is 3. The van der Waals surface area contributed by atoms with E-state index in [1.807, 2.05) is 6.07 Å². The summed E-state index contributed by atoms with van der Waals surface area (Å²) >= 11 is 2.05. The lowest BCUT2D eigenvalue weighted by Crippen LogP contribution is -2.42. The predicted octanol–water partition coefficient (Wildman–Crippen LogP) is 3.81. The second-order valence-electron chi connectivity index (χ2n) is 7.58. The number of rotatable bonds is 4. The summed E-state index contributed by atoms with van der Waals surface area (Å²) in [6, 6.07) is 7.14. The second-order valence-corrected chi connectivity index (χ2v) is 8.80. The van der Waals surface area contributed by atoms with Crippen LogP contribution < -0.4 is 9.64 Å². The molecule has 3 heterocycles. The Kier molecular flexibility index (Phi) is 6.03. The first-order valence-electron chi connectivity index (χ1n) is 10.1. The minimum atomic E-state index is 0.344. The summed E-state index contributed by atoms with van der Waals surface area (Å²) in [5.41, 5.74) is 0. The Morgan fingerprint density at radius 2 is 1.88 bits per heavy atom. The fourth-order valence-corrected chi connectivity index (χ4v) is 5.10. The van der Waals surface area contributed by atoms with Crippen molar-refractivity contribution in [2.75, 3.05) is 42.6 Å². The van der Waals surface area contributed by atoms with E-state index < -0.39 is 0 Å². The monoisotopic (exact) mass is 361 g/mol. The van der Waals surface area contributed by atoms with Gasteiger partial charge in [0.25, 0.3) is 0 Å². The van der Waals surface area contributed by atoms with E-state index >= 15 is 0 Å². The molecule has 3 aliphatic rings. The van der Waals surface area contributed by atoms with E-state index in [-0.39, 0.29) is 0 Å². The molecule has 2 saturated heterocycles. The lowest BCUT2D eigenvalue weighted by atomic mass is 9.91. The summed E-state index contributed by atoms with van der Waals surface area (Å²) in [6.07, 6.45) is 9.39. The number of ether oxygens (including phenoxy) is 1. The van der Waals surface area contributed by atoms with Crippen molar-refractivity contribution >= 4 is 17.6 Å². The Bertz CT molecular complexity index is 543. The molecule has 3 fully saturated rings. The average Bonchev–Trinajstić information content (AvgIpc) is 2.97. The van der Waals surface area contributed by atoms with Gasteiger partial charge in [0.05, 0.1) is 0 Å². The Morgan fingerprint density at radius 1 is 0.920 bits per heavy atom. The molecule has 1 atom stereocenters. The number of anilines is 1. The topological polar surface area (TPSA) is 28.6 Å². The number of aromatic nitrogens is 1. The van der Waals surface area contributed by atoms with Gasteiger partial charge in [-0.3, -0.25) is 4.90 Å². The maximum Gasteiger partial charge on any atom is 0.215 e. The van der Waals surface area contributed by atoms with Crippen LogP contribution in [-0.2, 0) is 0 Å². The molecule has 1 aromatic heterocycles. The summed E-state index contributed by atoms with van der Waals surface area (Å²) in [5.74, 6) is 4.40. The molecule has 2 aliphatic heterocycles. The van der Waals surface area contributed by atoms with Crippen molar-refractivity contribution in [3.63, 3.8) is 0 Å². The van der Waals surface area contributed by atoms with Crippen molar-refractivity contribution in [2.45, 2.75) is 57.1 Å². The van der Waals surface area contributed by atoms with E-state index in [1.54, 1.807) is 0 Å². The molecule has 138 valence electrons. The zero-order chi connectivity index (χ0) is 16.9. The highest BCUT2D eigenvalue weighted by Crippen LogP contribution is 2.27. The summed E-state index contributed by atoms with van der Waals surface area (Å²) in [5, 5.41) is 0. The summed E-state index contributed by atoms with van der Waals surface area (Å²) in [7, 11) is 0. The van der Waals surface area contributed by atoms with Gasteiger partial charge in [-0.15, -0.1) is 0 Å². The van der Waals surface area contributed by atoms with Crippen LogP contribution in [0, 0.1) is 0 Å². The number of thioether (sulfide) groups is 1. The van der Waals surface area contributed by atoms with Crippen LogP contribution in [0.5, 0.6) is 5.88 Å². The van der Waals surface area contributed by atoms with Gasteiger partial charge in [-0.05, 0) is 56.1 Å². The van der Waals surface area contributed by atoms with E-state index in [1.165, 1.54) is 63.1 Å². The lowest BCUT2D eigenvalue weighted by molar-refractivity contribution is 0.136. The highest BCUT2D eigenvalue weighted by Gasteiger charge is 2.27. The molecule has 0 radical (unpaired) electrons. The molecule has 4 rings (SSSR count). The first-order chi connectivity index (χ1) is 12.4. The molecule has 1 aliphatic carbocycles.